The number of nitrogens with one attached hydrogen (secondary N) is 1. The molecule has 7 rings (SSSR count). The van der Waals surface area contributed by atoms with Gasteiger partial charge in [0, 0.05) is 47.0 Å². The molecule has 0 aliphatic carbocycles. The van der Waals surface area contributed by atoms with E-state index < -0.39 is 10.0 Å². The predicted molar refractivity (Wildman–Crippen MR) is 132 cm³/mol. The summed E-state index contributed by atoms with van der Waals surface area (Å²) in [5.74, 6) is -0.191. The maximum atomic E-state index is 14.0. The van der Waals surface area contributed by atoms with Crippen molar-refractivity contribution in [1.29, 1.82) is 0 Å². The number of benzene rings is 3. The SMILES string of the molecule is O=S1(=O)c2cccc3cccc(c23)N1CCCCN1[C@H]2CC[C@@H]1c1c([nH]c3ccc(F)cc13)C2. The lowest BCUT2D eigenvalue weighted by atomic mass is 9.96. The number of fused-ring (bicyclic) bond motifs is 6. The first kappa shape index (κ1) is 20.5. The van der Waals surface area contributed by atoms with E-state index in [-0.39, 0.29) is 5.82 Å². The normalized spacial score (nSPS) is 22.7. The number of anilines is 1. The van der Waals surface area contributed by atoms with Crippen molar-refractivity contribution in [2.75, 3.05) is 17.4 Å². The van der Waals surface area contributed by atoms with Gasteiger partial charge in [0.05, 0.1) is 10.6 Å². The lowest BCUT2D eigenvalue weighted by molar-refractivity contribution is 0.175. The van der Waals surface area contributed by atoms with Gasteiger partial charge >= 0.3 is 0 Å². The number of hydrogen-bond donors (Lipinski definition) is 1. The van der Waals surface area contributed by atoms with Crippen LogP contribution in [0.2, 0.25) is 0 Å². The van der Waals surface area contributed by atoms with Crippen molar-refractivity contribution in [3.05, 3.63) is 71.7 Å². The molecule has 0 radical (unpaired) electrons. The molecule has 3 aliphatic rings. The third-order valence-electron chi connectivity index (χ3n) is 8.01. The van der Waals surface area contributed by atoms with E-state index in [1.54, 1.807) is 16.4 Å². The molecule has 3 aromatic carbocycles. The minimum absolute atomic E-state index is 0.191. The highest BCUT2D eigenvalue weighted by molar-refractivity contribution is 7.93. The quantitative estimate of drug-likeness (QED) is 0.387. The van der Waals surface area contributed by atoms with Crippen molar-refractivity contribution in [2.45, 2.75) is 49.1 Å². The molecule has 5 nitrogen and oxygen atoms in total. The van der Waals surface area contributed by atoms with Gasteiger partial charge in [-0.2, -0.15) is 0 Å². The third-order valence-corrected chi connectivity index (χ3v) is 9.86. The molecule has 34 heavy (non-hydrogen) atoms. The zero-order valence-electron chi connectivity index (χ0n) is 18.8. The number of halogens is 1. The summed E-state index contributed by atoms with van der Waals surface area (Å²) >= 11 is 0. The highest BCUT2D eigenvalue weighted by atomic mass is 32.2. The van der Waals surface area contributed by atoms with E-state index >= 15 is 0 Å². The largest absolute Gasteiger partial charge is 0.358 e. The molecule has 4 aromatic rings. The zero-order chi connectivity index (χ0) is 23.0. The number of H-pyrrole nitrogens is 1. The summed E-state index contributed by atoms with van der Waals surface area (Å²) in [4.78, 5) is 6.53. The van der Waals surface area contributed by atoms with E-state index in [9.17, 15) is 12.8 Å². The van der Waals surface area contributed by atoms with Crippen molar-refractivity contribution < 1.29 is 12.8 Å². The van der Waals surface area contributed by atoms with Gasteiger partial charge in [-0.25, -0.2) is 12.8 Å². The lowest BCUT2D eigenvalue weighted by Crippen LogP contribution is -2.38. The molecule has 2 bridgehead atoms. The minimum Gasteiger partial charge on any atom is -0.358 e. The van der Waals surface area contributed by atoms with Gasteiger partial charge in [0.2, 0.25) is 0 Å². The Labute approximate surface area is 198 Å². The van der Waals surface area contributed by atoms with Crippen LogP contribution in [0, 0.1) is 5.82 Å². The van der Waals surface area contributed by atoms with Crippen molar-refractivity contribution >= 4 is 37.4 Å². The minimum atomic E-state index is -3.49. The summed E-state index contributed by atoms with van der Waals surface area (Å²) in [6.45, 7) is 1.42. The summed E-state index contributed by atoms with van der Waals surface area (Å²) in [6, 6.07) is 17.2. The van der Waals surface area contributed by atoms with Crippen LogP contribution < -0.4 is 4.31 Å². The van der Waals surface area contributed by atoms with Crippen LogP contribution in [0.25, 0.3) is 21.7 Å². The Balaban J connectivity index is 1.09. The van der Waals surface area contributed by atoms with Crippen LogP contribution in [0.1, 0.15) is 43.0 Å². The maximum Gasteiger partial charge on any atom is 0.265 e. The van der Waals surface area contributed by atoms with Crippen LogP contribution in [0.4, 0.5) is 10.1 Å². The molecular weight excluding hydrogens is 449 g/mol. The molecule has 3 aliphatic heterocycles. The molecule has 0 saturated carbocycles. The molecule has 1 aromatic heterocycles. The molecule has 1 saturated heterocycles. The van der Waals surface area contributed by atoms with Gasteiger partial charge in [-0.15, -0.1) is 0 Å². The highest BCUT2D eigenvalue weighted by Crippen LogP contribution is 2.47. The zero-order valence-corrected chi connectivity index (χ0v) is 19.6. The second-order valence-corrected chi connectivity index (χ2v) is 11.6. The van der Waals surface area contributed by atoms with Gasteiger partial charge in [0.1, 0.15) is 5.82 Å². The number of hydrogen-bond acceptors (Lipinski definition) is 3. The van der Waals surface area contributed by atoms with Gasteiger partial charge in [0.15, 0.2) is 0 Å². The predicted octanol–water partition coefficient (Wildman–Crippen LogP) is 5.51. The Bertz CT molecular complexity index is 1560. The van der Waals surface area contributed by atoms with Crippen LogP contribution in [0.5, 0.6) is 0 Å². The smallest absolute Gasteiger partial charge is 0.265 e. The molecule has 0 spiro atoms. The van der Waals surface area contributed by atoms with Gasteiger partial charge < -0.3 is 4.98 Å². The fraction of sp³-hybridized carbons (Fsp3) is 0.333. The second-order valence-electron chi connectivity index (χ2n) is 9.81. The fourth-order valence-corrected chi connectivity index (χ4v) is 8.32. The third kappa shape index (κ3) is 2.83. The van der Waals surface area contributed by atoms with Gasteiger partial charge in [-0.1, -0.05) is 24.3 Å². The average Bonchev–Trinajstić information content (AvgIpc) is 3.40. The molecule has 4 heterocycles. The van der Waals surface area contributed by atoms with E-state index in [2.05, 4.69) is 9.88 Å². The number of rotatable bonds is 5. The molecule has 7 heteroatoms. The van der Waals surface area contributed by atoms with E-state index in [0.29, 0.717) is 23.5 Å². The Hall–Kier alpha value is -2.90. The Kier molecular flexibility index (Phi) is 4.39. The van der Waals surface area contributed by atoms with Crippen molar-refractivity contribution in [2.24, 2.45) is 0 Å². The molecule has 0 unspecified atom stereocenters. The van der Waals surface area contributed by atoms with Crippen molar-refractivity contribution in [1.82, 2.24) is 9.88 Å². The topological polar surface area (TPSA) is 56.4 Å². The molecule has 0 amide bonds. The maximum absolute atomic E-state index is 14.0. The lowest BCUT2D eigenvalue weighted by Gasteiger charge is -2.35. The number of sulfonamides is 1. The average molecular weight is 476 g/mol. The summed E-state index contributed by atoms with van der Waals surface area (Å²) < 4.78 is 42.0. The van der Waals surface area contributed by atoms with Gasteiger partial charge in [0.25, 0.3) is 10.0 Å². The first-order valence-corrected chi connectivity index (χ1v) is 13.6. The first-order valence-electron chi connectivity index (χ1n) is 12.1. The Morgan fingerprint density at radius 1 is 1.00 bits per heavy atom. The van der Waals surface area contributed by atoms with Crippen molar-refractivity contribution in [3.63, 3.8) is 0 Å². The number of unbranched alkanes of at least 4 members (excludes halogenated alkanes) is 1. The van der Waals surface area contributed by atoms with E-state index in [0.717, 1.165) is 66.0 Å². The van der Waals surface area contributed by atoms with Crippen LogP contribution in [0.3, 0.4) is 0 Å². The number of aromatic nitrogens is 1. The Morgan fingerprint density at radius 3 is 2.71 bits per heavy atom. The number of nitrogens with zero attached hydrogens (tertiary/aromatic N) is 2. The molecule has 174 valence electrons. The molecule has 2 atom stereocenters. The van der Waals surface area contributed by atoms with Crippen LogP contribution in [-0.4, -0.2) is 37.4 Å². The first-order chi connectivity index (χ1) is 16.5. The van der Waals surface area contributed by atoms with Gasteiger partial charge in [-0.3, -0.25) is 9.21 Å². The van der Waals surface area contributed by atoms with Crippen LogP contribution >= 0.6 is 0 Å². The van der Waals surface area contributed by atoms with E-state index in [1.807, 2.05) is 36.4 Å². The highest BCUT2D eigenvalue weighted by Gasteiger charge is 2.41. The number of aromatic amines is 1. The summed E-state index contributed by atoms with van der Waals surface area (Å²) in [5, 5.41) is 2.83. The molecular formula is C27H26FN3O2S. The van der Waals surface area contributed by atoms with E-state index in [1.165, 1.54) is 17.3 Å². The van der Waals surface area contributed by atoms with Crippen LogP contribution in [0.15, 0.2) is 59.5 Å². The Morgan fingerprint density at radius 2 is 1.82 bits per heavy atom. The molecule has 1 N–H and O–H groups in total. The van der Waals surface area contributed by atoms with E-state index in [4.69, 9.17) is 0 Å². The summed E-state index contributed by atoms with van der Waals surface area (Å²) in [6.07, 6.45) is 4.95. The van der Waals surface area contributed by atoms with Gasteiger partial charge in [-0.05, 0) is 73.5 Å². The monoisotopic (exact) mass is 475 g/mol. The fourth-order valence-electron chi connectivity index (χ4n) is 6.57. The summed E-state index contributed by atoms with van der Waals surface area (Å²) in [5.41, 5.74) is 4.36. The standard InChI is InChI=1S/C27H26FN3O2S/c28-18-9-11-21-20(15-18)27-22(29-21)16-19-10-12-23(27)30(19)13-1-2-14-31-24-7-3-5-17-6-4-8-25(26(17)24)34(31,32)33/h3-9,11,15,19,23,29H,1-2,10,12-14,16H2/t19-,23+/m0/s1. The van der Waals surface area contributed by atoms with Crippen molar-refractivity contribution in [3.8, 4) is 0 Å². The second kappa shape index (κ2) is 7.30. The van der Waals surface area contributed by atoms with Crippen LogP contribution in [-0.2, 0) is 16.4 Å². The molecule has 1 fully saturated rings. The summed E-state index contributed by atoms with van der Waals surface area (Å²) in [7, 11) is -3.49.